The average Bonchev–Trinajstić information content (AvgIpc) is 3.54. The van der Waals surface area contributed by atoms with Crippen LogP contribution in [0.1, 0.15) is 77.4 Å². The van der Waals surface area contributed by atoms with Crippen LogP contribution >= 0.6 is 0 Å². The number of allylic oxidation sites excluding steroid dienone is 1. The second-order valence-corrected chi connectivity index (χ2v) is 11.2. The van der Waals surface area contributed by atoms with Crippen molar-refractivity contribution in [3.63, 3.8) is 0 Å². The molecule has 3 aromatic rings. The Morgan fingerprint density at radius 2 is 1.89 bits per heavy atom. The maximum absolute atomic E-state index is 13.3. The molecule has 38 heavy (non-hydrogen) atoms. The molecule has 9 nitrogen and oxygen atoms in total. The molecule has 204 valence electrons. The SMILES string of the molecule is C=C(F)CCC(=O)N(CCCCCc1nc(C(C)(C)C)no1)c1cccc(-c2noc(C3(C)COC3)n2)c1. The number of amides is 1. The topological polar surface area (TPSA) is 107 Å². The van der Waals surface area contributed by atoms with Gasteiger partial charge < -0.3 is 18.7 Å². The summed E-state index contributed by atoms with van der Waals surface area (Å²) in [5, 5.41) is 8.21. The molecule has 0 saturated carbocycles. The van der Waals surface area contributed by atoms with Crippen molar-refractivity contribution in [2.24, 2.45) is 0 Å². The molecule has 0 unspecified atom stereocenters. The van der Waals surface area contributed by atoms with Gasteiger partial charge in [0.1, 0.15) is 0 Å². The van der Waals surface area contributed by atoms with Gasteiger partial charge >= 0.3 is 0 Å². The maximum atomic E-state index is 13.3. The van der Waals surface area contributed by atoms with Crippen molar-refractivity contribution in [2.45, 2.75) is 77.0 Å². The summed E-state index contributed by atoms with van der Waals surface area (Å²) in [5.74, 6) is 1.64. The van der Waals surface area contributed by atoms with Crippen molar-refractivity contribution in [3.8, 4) is 11.4 Å². The highest BCUT2D eigenvalue weighted by atomic mass is 19.1. The number of aryl methyl sites for hydroxylation is 1. The van der Waals surface area contributed by atoms with E-state index >= 15 is 0 Å². The predicted octanol–water partition coefficient (Wildman–Crippen LogP) is 5.71. The third-order valence-electron chi connectivity index (χ3n) is 6.52. The number of carbonyl (C=O) groups excluding carboxylic acids is 1. The summed E-state index contributed by atoms with van der Waals surface area (Å²) in [7, 11) is 0. The smallest absolute Gasteiger partial charge is 0.237 e. The lowest BCUT2D eigenvalue weighted by Crippen LogP contribution is -2.44. The Bertz CT molecular complexity index is 1260. The molecule has 2 aromatic heterocycles. The molecule has 0 radical (unpaired) electrons. The van der Waals surface area contributed by atoms with Crippen LogP contribution < -0.4 is 4.90 Å². The number of rotatable bonds is 12. The number of anilines is 1. The van der Waals surface area contributed by atoms with E-state index in [-0.39, 0.29) is 29.6 Å². The van der Waals surface area contributed by atoms with Crippen molar-refractivity contribution in [2.75, 3.05) is 24.7 Å². The van der Waals surface area contributed by atoms with Crippen molar-refractivity contribution in [3.05, 3.63) is 54.3 Å². The second-order valence-electron chi connectivity index (χ2n) is 11.2. The Labute approximate surface area is 222 Å². The maximum Gasteiger partial charge on any atom is 0.237 e. The van der Waals surface area contributed by atoms with Gasteiger partial charge in [-0.2, -0.15) is 9.97 Å². The average molecular weight is 526 g/mol. The monoisotopic (exact) mass is 525 g/mol. The summed E-state index contributed by atoms with van der Waals surface area (Å²) in [6.07, 6.45) is 3.19. The highest BCUT2D eigenvalue weighted by molar-refractivity contribution is 5.94. The third-order valence-corrected chi connectivity index (χ3v) is 6.52. The molecule has 0 N–H and O–H groups in total. The van der Waals surface area contributed by atoms with Gasteiger partial charge in [-0.05, 0) is 31.9 Å². The van der Waals surface area contributed by atoms with Gasteiger partial charge in [0.2, 0.25) is 23.5 Å². The summed E-state index contributed by atoms with van der Waals surface area (Å²) in [6.45, 7) is 13.0. The van der Waals surface area contributed by atoms with Crippen molar-refractivity contribution in [1.29, 1.82) is 0 Å². The first-order chi connectivity index (χ1) is 18.0. The number of halogens is 1. The Hall–Kier alpha value is -3.40. The molecule has 0 aliphatic carbocycles. The highest BCUT2D eigenvalue weighted by Crippen LogP contribution is 2.32. The van der Waals surface area contributed by atoms with Crippen molar-refractivity contribution < 1.29 is 23.0 Å². The number of benzene rings is 1. The van der Waals surface area contributed by atoms with Crippen LogP contribution in [0.5, 0.6) is 0 Å². The van der Waals surface area contributed by atoms with Gasteiger partial charge in [0.25, 0.3) is 0 Å². The molecule has 1 saturated heterocycles. The van der Waals surface area contributed by atoms with E-state index in [2.05, 4.69) is 26.9 Å². The fourth-order valence-corrected chi connectivity index (χ4v) is 4.09. The van der Waals surface area contributed by atoms with Gasteiger partial charge in [0.05, 0.1) is 24.5 Å². The summed E-state index contributed by atoms with van der Waals surface area (Å²) < 4.78 is 29.5. The Morgan fingerprint density at radius 1 is 1.11 bits per heavy atom. The van der Waals surface area contributed by atoms with E-state index in [1.54, 1.807) is 4.90 Å². The number of nitrogens with zero attached hydrogens (tertiary/aromatic N) is 5. The fraction of sp³-hybridized carbons (Fsp3) is 0.536. The quantitative estimate of drug-likeness (QED) is 0.277. The zero-order valence-corrected chi connectivity index (χ0v) is 22.6. The largest absolute Gasteiger partial charge is 0.379 e. The first-order valence-corrected chi connectivity index (χ1v) is 13.0. The van der Waals surface area contributed by atoms with Crippen LogP contribution in [-0.2, 0) is 26.8 Å². The molecule has 1 aliphatic heterocycles. The fourth-order valence-electron chi connectivity index (χ4n) is 4.09. The van der Waals surface area contributed by atoms with Crippen LogP contribution in [0.15, 0.2) is 45.7 Å². The summed E-state index contributed by atoms with van der Waals surface area (Å²) in [5.41, 5.74) is 1.01. The lowest BCUT2D eigenvalue weighted by Gasteiger charge is -2.33. The zero-order chi connectivity index (χ0) is 27.3. The van der Waals surface area contributed by atoms with Gasteiger partial charge in [-0.1, -0.05) is 56.2 Å². The predicted molar refractivity (Wildman–Crippen MR) is 140 cm³/mol. The zero-order valence-electron chi connectivity index (χ0n) is 22.6. The Morgan fingerprint density at radius 3 is 2.55 bits per heavy atom. The molecule has 0 bridgehead atoms. The van der Waals surface area contributed by atoms with E-state index in [0.29, 0.717) is 55.3 Å². The van der Waals surface area contributed by atoms with Crippen LogP contribution in [0, 0.1) is 0 Å². The molecule has 4 rings (SSSR count). The highest BCUT2D eigenvalue weighted by Gasteiger charge is 2.41. The molecule has 3 heterocycles. The van der Waals surface area contributed by atoms with Gasteiger partial charge in [0, 0.05) is 42.5 Å². The third kappa shape index (κ3) is 6.72. The van der Waals surface area contributed by atoms with Crippen molar-refractivity contribution >= 4 is 11.6 Å². The van der Waals surface area contributed by atoms with Gasteiger partial charge in [-0.3, -0.25) is 4.79 Å². The first kappa shape index (κ1) is 27.6. The molecule has 1 amide bonds. The number of hydrogen-bond acceptors (Lipinski definition) is 8. The normalized spacial score (nSPS) is 14.8. The molecule has 1 fully saturated rings. The number of ether oxygens (including phenoxy) is 1. The van der Waals surface area contributed by atoms with Crippen molar-refractivity contribution in [1.82, 2.24) is 20.3 Å². The molecular formula is C28H36FN5O4. The van der Waals surface area contributed by atoms with E-state index in [4.69, 9.17) is 13.8 Å². The lowest BCUT2D eigenvalue weighted by molar-refractivity contribution is -0.118. The van der Waals surface area contributed by atoms with E-state index in [9.17, 15) is 9.18 Å². The molecule has 1 aliphatic rings. The number of hydrogen-bond donors (Lipinski definition) is 0. The molecule has 0 spiro atoms. The van der Waals surface area contributed by atoms with Gasteiger partial charge in [-0.15, -0.1) is 0 Å². The number of carbonyl (C=O) groups is 1. The molecular weight excluding hydrogens is 489 g/mol. The van der Waals surface area contributed by atoms with Crippen LogP contribution in [0.2, 0.25) is 0 Å². The molecule has 10 heteroatoms. The molecule has 1 aromatic carbocycles. The van der Waals surface area contributed by atoms with Crippen LogP contribution in [0.4, 0.5) is 10.1 Å². The standard InChI is InChI=1S/C28H36FN5O4/c1-19(29)13-14-23(35)34(15-8-6-7-12-22-30-25(33-37-22)27(2,3)4)21-11-9-10-20(16-21)24-31-26(38-32-24)28(5)17-36-18-28/h9-11,16H,1,6-8,12-15,17-18H2,2-5H3. The summed E-state index contributed by atoms with van der Waals surface area (Å²) in [4.78, 5) is 23.8. The van der Waals surface area contributed by atoms with Gasteiger partial charge in [-0.25, -0.2) is 4.39 Å². The minimum atomic E-state index is -0.506. The lowest BCUT2D eigenvalue weighted by atomic mass is 9.89. The van der Waals surface area contributed by atoms with Crippen LogP contribution in [-0.4, -0.2) is 45.9 Å². The van der Waals surface area contributed by atoms with E-state index < -0.39 is 5.83 Å². The summed E-state index contributed by atoms with van der Waals surface area (Å²) in [6, 6.07) is 7.45. The number of aromatic nitrogens is 4. The minimum absolute atomic E-state index is 0.00282. The minimum Gasteiger partial charge on any atom is -0.379 e. The van der Waals surface area contributed by atoms with Gasteiger partial charge in [0.15, 0.2) is 5.82 Å². The van der Waals surface area contributed by atoms with Crippen LogP contribution in [0.3, 0.4) is 0 Å². The molecule has 0 atom stereocenters. The Balaban J connectivity index is 1.41. The Kier molecular flexibility index (Phi) is 8.40. The van der Waals surface area contributed by atoms with E-state index in [0.717, 1.165) is 24.8 Å². The number of unbranched alkanes of at least 4 members (excludes halogenated alkanes) is 2. The van der Waals surface area contributed by atoms with Crippen LogP contribution in [0.25, 0.3) is 11.4 Å². The van der Waals surface area contributed by atoms with E-state index in [1.807, 2.05) is 52.0 Å². The van der Waals surface area contributed by atoms with E-state index in [1.165, 1.54) is 0 Å². The second kappa shape index (κ2) is 11.6. The first-order valence-electron chi connectivity index (χ1n) is 13.0. The summed E-state index contributed by atoms with van der Waals surface area (Å²) >= 11 is 0.